The van der Waals surface area contributed by atoms with Crippen molar-refractivity contribution in [1.29, 1.82) is 0 Å². The molecule has 4 saturated carbocycles. The Bertz CT molecular complexity index is 2220. The molecule has 4 aromatic rings. The standard InChI is InChI=1S/C50H52I4O16/c1-31(55)63-51(64-32(2)56)43-17-9-39(10-18-43)47-25-48(40-11-19-44(20-12-40)52(65-33(3)57)66-34(4)58)28-49(26-47,41-13-21-45(22-14-41)53(67-35(5)59)68-36(6)60)30-50(27-47,29-48)42-15-23-46(24-16-42)54(69-37(7)61)70-38(8)62/h9-24H,25-30H2,1-8H3. The molecule has 0 radical (unpaired) electrons. The van der Waals surface area contributed by atoms with Gasteiger partial charge in [0.05, 0.1) is 0 Å². The Balaban J connectivity index is 1.44. The Labute approximate surface area is 438 Å². The Hall–Kier alpha value is -4.44. The minimum absolute atomic E-state index is 0.513. The van der Waals surface area contributed by atoms with E-state index in [0.29, 0.717) is 52.8 Å². The minimum atomic E-state index is -3.18. The summed E-state index contributed by atoms with van der Waals surface area (Å²) in [5.74, 6) is -4.40. The summed E-state index contributed by atoms with van der Waals surface area (Å²) >= 11 is -12.7. The molecule has 0 aromatic heterocycles. The Morgan fingerprint density at radius 2 is 0.400 bits per heavy atom. The van der Waals surface area contributed by atoms with Crippen LogP contribution in [0.3, 0.4) is 0 Å². The van der Waals surface area contributed by atoms with Crippen LogP contribution >= 0.6 is 82.6 Å². The van der Waals surface area contributed by atoms with E-state index in [2.05, 4.69) is 0 Å². The van der Waals surface area contributed by atoms with E-state index >= 15 is 0 Å². The summed E-state index contributed by atoms with van der Waals surface area (Å²) in [4.78, 5) is 97.4. The van der Waals surface area contributed by atoms with Gasteiger partial charge in [-0.3, -0.25) is 0 Å². The first-order valence-corrected chi connectivity index (χ1v) is 33.1. The van der Waals surface area contributed by atoms with Crippen LogP contribution < -0.4 is 0 Å². The van der Waals surface area contributed by atoms with Gasteiger partial charge in [0.2, 0.25) is 0 Å². The van der Waals surface area contributed by atoms with Gasteiger partial charge < -0.3 is 0 Å². The maximum absolute atomic E-state index is 12.2. The number of hydrogen-bond donors (Lipinski definition) is 0. The molecule has 16 nitrogen and oxygen atoms in total. The third-order valence-corrected chi connectivity index (χ3v) is 27.1. The first-order chi connectivity index (χ1) is 33.0. The average molecular weight is 1420 g/mol. The zero-order chi connectivity index (χ0) is 50.8. The van der Waals surface area contributed by atoms with Crippen LogP contribution in [-0.4, -0.2) is 47.8 Å². The van der Waals surface area contributed by atoms with E-state index in [1.165, 1.54) is 55.4 Å². The van der Waals surface area contributed by atoms with Crippen LogP contribution in [0, 0.1) is 14.3 Å². The van der Waals surface area contributed by atoms with Gasteiger partial charge in [0, 0.05) is 0 Å². The molecule has 4 aromatic carbocycles. The molecule has 70 heavy (non-hydrogen) atoms. The predicted molar refractivity (Wildman–Crippen MR) is 285 cm³/mol. The van der Waals surface area contributed by atoms with Gasteiger partial charge in [-0.2, -0.15) is 0 Å². The van der Waals surface area contributed by atoms with Crippen LogP contribution in [0.1, 0.15) is 116 Å². The summed E-state index contributed by atoms with van der Waals surface area (Å²) in [6.45, 7) is 10.2. The number of carbonyl (C=O) groups excluding carboxylic acids is 8. The molecule has 0 amide bonds. The monoisotopic (exact) mass is 1420 g/mol. The first-order valence-electron chi connectivity index (χ1n) is 21.8. The number of carbonyl (C=O) groups is 8. The van der Waals surface area contributed by atoms with E-state index in [-0.39, 0.29) is 0 Å². The molecular formula is C50H52I4O16. The topological polar surface area (TPSA) is 210 Å². The molecule has 0 atom stereocenters. The van der Waals surface area contributed by atoms with E-state index < -0.39 is 152 Å². The van der Waals surface area contributed by atoms with Crippen molar-refractivity contribution in [3.8, 4) is 0 Å². The summed E-state index contributed by atoms with van der Waals surface area (Å²) in [5.41, 5.74) is 2.09. The van der Waals surface area contributed by atoms with Gasteiger partial charge in [0.25, 0.3) is 0 Å². The van der Waals surface area contributed by atoms with Crippen molar-refractivity contribution in [2.45, 2.75) is 116 Å². The van der Waals surface area contributed by atoms with Crippen LogP contribution in [-0.2, 0) is 84.5 Å². The number of rotatable bonds is 16. The van der Waals surface area contributed by atoms with Crippen LogP contribution in [0.15, 0.2) is 97.1 Å². The van der Waals surface area contributed by atoms with Crippen molar-refractivity contribution in [3.63, 3.8) is 0 Å². The van der Waals surface area contributed by atoms with Gasteiger partial charge in [-0.05, 0) is 0 Å². The van der Waals surface area contributed by atoms with Crippen LogP contribution in [0.2, 0.25) is 0 Å². The Kier molecular flexibility index (Phi) is 16.6. The van der Waals surface area contributed by atoms with E-state index in [9.17, 15) is 38.4 Å². The zero-order valence-corrected chi connectivity index (χ0v) is 48.2. The van der Waals surface area contributed by atoms with Crippen LogP contribution in [0.4, 0.5) is 0 Å². The molecule has 0 heterocycles. The molecule has 20 heteroatoms. The van der Waals surface area contributed by atoms with Crippen molar-refractivity contribution in [3.05, 3.63) is 134 Å². The normalized spacial score (nSPS) is 22.5. The Morgan fingerprint density at radius 3 is 0.514 bits per heavy atom. The molecule has 4 fully saturated rings. The van der Waals surface area contributed by atoms with Gasteiger partial charge in [-0.1, -0.05) is 0 Å². The molecule has 8 rings (SSSR count). The third kappa shape index (κ3) is 12.1. The fraction of sp³-hybridized carbons (Fsp3) is 0.360. The Morgan fingerprint density at radius 1 is 0.271 bits per heavy atom. The summed E-state index contributed by atoms with van der Waals surface area (Å²) in [6, 6.07) is 31.4. The second kappa shape index (κ2) is 21.7. The van der Waals surface area contributed by atoms with Gasteiger partial charge in [0.15, 0.2) is 0 Å². The van der Waals surface area contributed by atoms with Crippen molar-refractivity contribution in [2.24, 2.45) is 0 Å². The molecule has 0 spiro atoms. The molecule has 376 valence electrons. The van der Waals surface area contributed by atoms with Gasteiger partial charge in [-0.15, -0.1) is 0 Å². The van der Waals surface area contributed by atoms with Crippen molar-refractivity contribution >= 4 is 130 Å². The van der Waals surface area contributed by atoms with Crippen LogP contribution in [0.25, 0.3) is 0 Å². The first kappa shape index (κ1) is 53.4. The second-order valence-corrected chi connectivity index (χ2v) is 31.1. The third-order valence-electron chi connectivity index (χ3n) is 12.0. The summed E-state index contributed by atoms with van der Waals surface area (Å²) in [6.07, 6.45) is 4.30. The van der Waals surface area contributed by atoms with E-state index in [1.807, 2.05) is 97.1 Å². The maximum atomic E-state index is 12.2. The second-order valence-electron chi connectivity index (χ2n) is 17.6. The zero-order valence-electron chi connectivity index (χ0n) is 39.5. The summed E-state index contributed by atoms with van der Waals surface area (Å²) in [5, 5.41) is 0. The predicted octanol–water partition coefficient (Wildman–Crippen LogP) is 10.6. The molecule has 4 bridgehead atoms. The molecule has 0 aliphatic heterocycles. The van der Waals surface area contributed by atoms with E-state index in [0.717, 1.165) is 22.3 Å². The average Bonchev–Trinajstić information content (AvgIpc) is 3.27. The van der Waals surface area contributed by atoms with Crippen molar-refractivity contribution in [2.75, 3.05) is 0 Å². The molecule has 4 aliphatic carbocycles. The fourth-order valence-electron chi connectivity index (χ4n) is 10.7. The van der Waals surface area contributed by atoms with Crippen molar-refractivity contribution < 1.29 is 62.9 Å². The molecule has 0 N–H and O–H groups in total. The quantitative estimate of drug-likeness (QED) is 0.0955. The number of benzene rings is 4. The van der Waals surface area contributed by atoms with Gasteiger partial charge in [-0.25, -0.2) is 0 Å². The molecule has 0 unspecified atom stereocenters. The summed E-state index contributed by atoms with van der Waals surface area (Å²) in [7, 11) is 0. The number of hydrogen-bond acceptors (Lipinski definition) is 16. The van der Waals surface area contributed by atoms with E-state index in [4.69, 9.17) is 24.5 Å². The van der Waals surface area contributed by atoms with E-state index in [1.54, 1.807) is 0 Å². The number of halogens is 4. The molecule has 4 aliphatic rings. The molecular weight excluding hydrogens is 1360 g/mol. The summed E-state index contributed by atoms with van der Waals surface area (Å²) < 4.78 is 47.2. The van der Waals surface area contributed by atoms with Gasteiger partial charge in [0.1, 0.15) is 0 Å². The molecule has 0 saturated heterocycles. The van der Waals surface area contributed by atoms with Crippen LogP contribution in [0.5, 0.6) is 0 Å². The van der Waals surface area contributed by atoms with Crippen molar-refractivity contribution in [1.82, 2.24) is 0 Å². The SMILES string of the molecule is CC(=O)OI(OC(C)=O)c1ccc(C23CC4(c5ccc(I(OC(C)=O)OC(C)=O)cc5)CC(c5ccc(I(OC(C)=O)OC(C)=O)cc5)(C2)CC(c2ccc(I(OC(C)=O)OC(C)=O)cc2)(C3)C4)cc1. The fourth-order valence-corrected chi connectivity index (χ4v) is 21.4. The van der Waals surface area contributed by atoms with Gasteiger partial charge >= 0.3 is 442 Å².